The van der Waals surface area contributed by atoms with Crippen LogP contribution >= 0.6 is 22.6 Å². The van der Waals surface area contributed by atoms with Gasteiger partial charge in [0, 0.05) is 23.6 Å². The van der Waals surface area contributed by atoms with Gasteiger partial charge in [0.1, 0.15) is 0 Å². The van der Waals surface area contributed by atoms with Crippen molar-refractivity contribution in [2.24, 2.45) is 0 Å². The van der Waals surface area contributed by atoms with Gasteiger partial charge in [0.2, 0.25) is 0 Å². The summed E-state index contributed by atoms with van der Waals surface area (Å²) in [6.07, 6.45) is 3.75. The third-order valence-corrected chi connectivity index (χ3v) is 6.41. The number of aromatic carboxylic acids is 1. The van der Waals surface area contributed by atoms with Gasteiger partial charge in [-0.1, -0.05) is 55.8 Å². The Morgan fingerprint density at radius 3 is 2.52 bits per heavy atom. The van der Waals surface area contributed by atoms with Crippen molar-refractivity contribution in [1.82, 2.24) is 4.57 Å². The molecule has 0 amide bonds. The van der Waals surface area contributed by atoms with Crippen molar-refractivity contribution >= 4 is 45.4 Å². The van der Waals surface area contributed by atoms with Crippen LogP contribution in [0.2, 0.25) is 0 Å². The molecule has 1 aromatic heterocycles. The summed E-state index contributed by atoms with van der Waals surface area (Å²) < 4.78 is 7.56. The van der Waals surface area contributed by atoms with Crippen LogP contribution in [0, 0.1) is 0 Å². The Hall–Kier alpha value is -3.13. The number of halogens is 1. The third kappa shape index (κ3) is 5.27. The molecular formula is C27H24INO4. The van der Waals surface area contributed by atoms with Crippen LogP contribution in [0.4, 0.5) is 0 Å². The number of fused-ring (bicyclic) bond motifs is 1. The molecule has 0 fully saturated rings. The monoisotopic (exact) mass is 553 g/mol. The average Bonchev–Trinajstić information content (AvgIpc) is 3.21. The summed E-state index contributed by atoms with van der Waals surface area (Å²) in [6, 6.07) is 22.7. The minimum atomic E-state index is -0.927. The topological polar surface area (TPSA) is 68.5 Å². The molecule has 33 heavy (non-hydrogen) atoms. The van der Waals surface area contributed by atoms with E-state index in [0.717, 1.165) is 40.4 Å². The second-order valence-corrected chi connectivity index (χ2v) is 9.26. The first-order valence-corrected chi connectivity index (χ1v) is 12.1. The van der Waals surface area contributed by atoms with E-state index in [0.29, 0.717) is 12.1 Å². The molecule has 0 aliphatic carbocycles. The number of nitrogens with zero attached hydrogens (tertiary/aromatic N) is 1. The predicted molar refractivity (Wildman–Crippen MR) is 138 cm³/mol. The van der Waals surface area contributed by atoms with Gasteiger partial charge in [-0.2, -0.15) is 0 Å². The van der Waals surface area contributed by atoms with Crippen LogP contribution in [0.1, 0.15) is 46.0 Å². The lowest BCUT2D eigenvalue weighted by molar-refractivity contribution is 0.0472. The lowest BCUT2D eigenvalue weighted by Crippen LogP contribution is -2.13. The first-order chi connectivity index (χ1) is 16.0. The van der Waals surface area contributed by atoms with Gasteiger partial charge in [0.05, 0.1) is 11.1 Å². The Labute approximate surface area is 206 Å². The fraction of sp³-hybridized carbons (Fsp3) is 0.185. The van der Waals surface area contributed by atoms with Gasteiger partial charge in [-0.3, -0.25) is 0 Å². The van der Waals surface area contributed by atoms with Crippen LogP contribution in [0.5, 0.6) is 0 Å². The molecule has 0 spiro atoms. The Balaban J connectivity index is 1.54. The van der Waals surface area contributed by atoms with Gasteiger partial charge in [-0.15, -0.1) is 0 Å². The molecule has 6 heteroatoms. The second kappa shape index (κ2) is 10.2. The highest BCUT2D eigenvalue weighted by molar-refractivity contribution is 14.1. The molecule has 1 atom stereocenters. The SMILES string of the molecule is CCCC(I)OC(=O)c1ccccc1-c1ccc(Cn2ccc3cc(C(=O)O)ccc32)cc1. The summed E-state index contributed by atoms with van der Waals surface area (Å²) >= 11 is 2.16. The molecule has 3 aromatic carbocycles. The number of alkyl halides is 1. The van der Waals surface area contributed by atoms with Gasteiger partial charge in [0.15, 0.2) is 4.11 Å². The first-order valence-electron chi connectivity index (χ1n) is 10.8. The maximum absolute atomic E-state index is 12.7. The van der Waals surface area contributed by atoms with Crippen molar-refractivity contribution in [1.29, 1.82) is 0 Å². The minimum absolute atomic E-state index is 0.140. The number of carboxylic acids is 1. The van der Waals surface area contributed by atoms with Crippen LogP contribution in [0.15, 0.2) is 79.0 Å². The van der Waals surface area contributed by atoms with E-state index < -0.39 is 5.97 Å². The summed E-state index contributed by atoms with van der Waals surface area (Å²) in [4.78, 5) is 23.9. The van der Waals surface area contributed by atoms with Crippen molar-refractivity contribution < 1.29 is 19.4 Å². The average molecular weight is 553 g/mol. The van der Waals surface area contributed by atoms with Crippen LogP contribution in [-0.4, -0.2) is 25.7 Å². The Morgan fingerprint density at radius 1 is 1.03 bits per heavy atom. The van der Waals surface area contributed by atoms with Crippen LogP contribution in [0.25, 0.3) is 22.0 Å². The van der Waals surface area contributed by atoms with Gasteiger partial charge >= 0.3 is 11.9 Å². The summed E-state index contributed by atoms with van der Waals surface area (Å²) in [5, 5.41) is 10.1. The predicted octanol–water partition coefficient (Wildman–Crippen LogP) is 6.77. The summed E-state index contributed by atoms with van der Waals surface area (Å²) in [6.45, 7) is 2.73. The number of benzene rings is 3. The van der Waals surface area contributed by atoms with Gasteiger partial charge in [-0.25, -0.2) is 9.59 Å². The smallest absolute Gasteiger partial charge is 0.339 e. The fourth-order valence-electron chi connectivity index (χ4n) is 3.84. The van der Waals surface area contributed by atoms with E-state index in [9.17, 15) is 14.7 Å². The number of carboxylic acid groups (broad SMARTS) is 1. The van der Waals surface area contributed by atoms with Crippen LogP contribution < -0.4 is 0 Å². The number of hydrogen-bond acceptors (Lipinski definition) is 3. The zero-order chi connectivity index (χ0) is 23.4. The number of esters is 1. The highest BCUT2D eigenvalue weighted by Gasteiger charge is 2.17. The molecule has 1 unspecified atom stereocenters. The number of carbonyl (C=O) groups is 2. The molecule has 0 bridgehead atoms. The van der Waals surface area contributed by atoms with Gasteiger partial charge in [0.25, 0.3) is 0 Å². The van der Waals surface area contributed by atoms with E-state index in [4.69, 9.17) is 4.74 Å². The van der Waals surface area contributed by atoms with E-state index in [1.165, 1.54) is 0 Å². The normalized spacial score (nSPS) is 11.9. The maximum atomic E-state index is 12.7. The summed E-state index contributed by atoms with van der Waals surface area (Å²) in [5.74, 6) is -1.23. The number of aromatic nitrogens is 1. The minimum Gasteiger partial charge on any atom is -0.478 e. The zero-order valence-electron chi connectivity index (χ0n) is 18.2. The highest BCUT2D eigenvalue weighted by Crippen LogP contribution is 2.27. The lowest BCUT2D eigenvalue weighted by Gasteiger charge is -2.14. The molecule has 4 rings (SSSR count). The molecule has 4 aromatic rings. The molecule has 168 valence electrons. The van der Waals surface area contributed by atoms with E-state index in [2.05, 4.69) is 34.1 Å². The number of carbonyl (C=O) groups excluding carboxylic acids is 1. The van der Waals surface area contributed by atoms with Crippen LogP contribution in [-0.2, 0) is 11.3 Å². The van der Waals surface area contributed by atoms with Gasteiger partial charge < -0.3 is 14.4 Å². The molecule has 0 aliphatic heterocycles. The van der Waals surface area contributed by atoms with Crippen molar-refractivity contribution in [2.75, 3.05) is 0 Å². The lowest BCUT2D eigenvalue weighted by atomic mass is 9.98. The zero-order valence-corrected chi connectivity index (χ0v) is 20.4. The van der Waals surface area contributed by atoms with E-state index in [1.54, 1.807) is 18.2 Å². The number of hydrogen-bond donors (Lipinski definition) is 1. The van der Waals surface area contributed by atoms with Crippen molar-refractivity contribution in [3.05, 3.63) is 95.7 Å². The molecule has 1 N–H and O–H groups in total. The maximum Gasteiger partial charge on any atom is 0.339 e. The third-order valence-electron chi connectivity index (χ3n) is 5.53. The molecular weight excluding hydrogens is 529 g/mol. The quantitative estimate of drug-likeness (QED) is 0.149. The standard InChI is InChI=1S/C27H24INO4/c1-2-5-25(28)33-27(32)23-7-4-3-6-22(23)19-10-8-18(9-11-19)17-29-15-14-20-16-21(26(30)31)12-13-24(20)29/h3-4,6-16,25H,2,5,17H2,1H3,(H,30,31). The first kappa shape index (κ1) is 23.0. The number of ether oxygens (including phenoxy) is 1. The summed E-state index contributed by atoms with van der Waals surface area (Å²) in [7, 11) is 0. The Morgan fingerprint density at radius 2 is 1.79 bits per heavy atom. The summed E-state index contributed by atoms with van der Waals surface area (Å²) in [5.41, 5.74) is 4.74. The number of rotatable bonds is 8. The van der Waals surface area contributed by atoms with E-state index in [-0.39, 0.29) is 15.6 Å². The second-order valence-electron chi connectivity index (χ2n) is 7.87. The molecule has 0 saturated carbocycles. The van der Waals surface area contributed by atoms with Crippen molar-refractivity contribution in [3.8, 4) is 11.1 Å². The molecule has 5 nitrogen and oxygen atoms in total. The van der Waals surface area contributed by atoms with E-state index >= 15 is 0 Å². The largest absolute Gasteiger partial charge is 0.478 e. The van der Waals surface area contributed by atoms with Crippen molar-refractivity contribution in [3.63, 3.8) is 0 Å². The van der Waals surface area contributed by atoms with Crippen LogP contribution in [0.3, 0.4) is 0 Å². The molecule has 0 saturated heterocycles. The van der Waals surface area contributed by atoms with Gasteiger partial charge in [-0.05, 0) is 76.0 Å². The van der Waals surface area contributed by atoms with E-state index in [1.807, 2.05) is 60.8 Å². The Bertz CT molecular complexity index is 1290. The highest BCUT2D eigenvalue weighted by atomic mass is 127. The van der Waals surface area contributed by atoms with Crippen molar-refractivity contribution in [2.45, 2.75) is 30.4 Å². The fourth-order valence-corrected chi connectivity index (χ4v) is 4.69. The molecule has 1 heterocycles. The Kier molecular flexibility index (Phi) is 7.13. The molecule has 0 aliphatic rings. The molecule has 0 radical (unpaired) electrons.